The van der Waals surface area contributed by atoms with Crippen LogP contribution in [0.5, 0.6) is 0 Å². The molecule has 12 heteroatoms. The number of Topliss-reactive ketones (excluding diaryl/α,β-unsaturated/α-hetero) is 1. The lowest BCUT2D eigenvalue weighted by atomic mass is 9.93. The molecule has 0 bridgehead atoms. The Morgan fingerprint density at radius 1 is 0.667 bits per heavy atom. The quantitative estimate of drug-likeness (QED) is 0.131. The van der Waals surface area contributed by atoms with Gasteiger partial charge in [0, 0.05) is 45.1 Å². The third kappa shape index (κ3) is 14.6. The lowest BCUT2D eigenvalue weighted by Crippen LogP contribution is -2.59. The summed E-state index contributed by atoms with van der Waals surface area (Å²) in [6.07, 6.45) is 2.06. The molecule has 12 nitrogen and oxygen atoms in total. The number of piperazine rings is 1. The van der Waals surface area contributed by atoms with Crippen LogP contribution in [-0.4, -0.2) is 115 Å². The Morgan fingerprint density at radius 2 is 1.16 bits per heavy atom. The first-order valence-corrected chi connectivity index (χ1v) is 20.9. The second-order valence-corrected chi connectivity index (χ2v) is 17.4. The van der Waals surface area contributed by atoms with E-state index < -0.39 is 47.5 Å². The average molecular weight is 789 g/mol. The molecule has 0 aromatic heterocycles. The van der Waals surface area contributed by atoms with Crippen molar-refractivity contribution < 1.29 is 28.7 Å². The van der Waals surface area contributed by atoms with Crippen molar-refractivity contribution in [2.75, 3.05) is 39.8 Å². The Morgan fingerprint density at radius 3 is 1.72 bits per heavy atom. The monoisotopic (exact) mass is 789 g/mol. The standard InChI is InChI=1S/C45H68N6O6/c1-30(2)25-37(41(53)45(7)29-57-45)47-44(56)39(28-35-17-13-10-14-18-35)49-43(55)38(26-31(3)4)48-42(54)36(20-19-34-15-11-9-12-16-34)46-40(52)27-32(5)33(6)51-23-21-50(8)22-24-51/h9-18,30-33,36-39H,19-29H2,1-8H3,(H,46,52)(H,47,56)(H,48,54)(H,49,55)/t32?,33?,36-,37?,38-,39-,45+/m0/s1. The summed E-state index contributed by atoms with van der Waals surface area (Å²) in [6.45, 7) is 18.0. The van der Waals surface area contributed by atoms with Crippen LogP contribution >= 0.6 is 0 Å². The van der Waals surface area contributed by atoms with Crippen molar-refractivity contribution in [2.45, 2.75) is 123 Å². The summed E-state index contributed by atoms with van der Waals surface area (Å²) in [7, 11) is 2.12. The van der Waals surface area contributed by atoms with Gasteiger partial charge in [-0.05, 0) is 75.5 Å². The highest BCUT2D eigenvalue weighted by Crippen LogP contribution is 2.30. The van der Waals surface area contributed by atoms with Crippen LogP contribution in [0.4, 0.5) is 0 Å². The van der Waals surface area contributed by atoms with Crippen LogP contribution in [0.15, 0.2) is 60.7 Å². The molecule has 2 heterocycles. The molecule has 0 spiro atoms. The molecule has 2 saturated heterocycles. The van der Waals surface area contributed by atoms with Gasteiger partial charge in [0.05, 0.1) is 12.6 Å². The zero-order valence-electron chi connectivity index (χ0n) is 35.5. The van der Waals surface area contributed by atoms with Crippen LogP contribution in [0.2, 0.25) is 0 Å². The summed E-state index contributed by atoms with van der Waals surface area (Å²) in [5.74, 6) is -1.66. The maximum absolute atomic E-state index is 14.2. The number of carbonyl (C=O) groups excluding carboxylic acids is 5. The molecule has 0 radical (unpaired) electrons. The second kappa shape index (κ2) is 21.6. The largest absolute Gasteiger partial charge is 0.361 e. The van der Waals surface area contributed by atoms with E-state index in [-0.39, 0.29) is 48.3 Å². The SMILES string of the molecule is CC(C)CC(NC(=O)[C@H](Cc1ccccc1)NC(=O)[C@H](CC(C)C)NC(=O)[C@H](CCc1ccccc1)NC(=O)CC(C)C(C)N1CCN(C)CC1)C(=O)[C@@]1(C)CO1. The number of nitrogens with one attached hydrogen (secondary N) is 4. The van der Waals surface area contributed by atoms with Crippen LogP contribution in [0, 0.1) is 17.8 Å². The number of hydrogen-bond donors (Lipinski definition) is 4. The van der Waals surface area contributed by atoms with Crippen molar-refractivity contribution in [3.8, 4) is 0 Å². The molecule has 0 saturated carbocycles. The van der Waals surface area contributed by atoms with Crippen molar-refractivity contribution in [1.82, 2.24) is 31.1 Å². The molecule has 7 atom stereocenters. The van der Waals surface area contributed by atoms with Gasteiger partial charge < -0.3 is 30.9 Å². The van der Waals surface area contributed by atoms with Crippen LogP contribution in [0.1, 0.15) is 85.3 Å². The number of amides is 4. The van der Waals surface area contributed by atoms with Crippen molar-refractivity contribution >= 4 is 29.4 Å². The normalized spacial score (nSPS) is 20.5. The molecule has 57 heavy (non-hydrogen) atoms. The van der Waals surface area contributed by atoms with Gasteiger partial charge >= 0.3 is 0 Å². The Labute approximate surface area is 340 Å². The lowest BCUT2D eigenvalue weighted by Gasteiger charge is -2.38. The number of nitrogens with zero attached hydrogens (tertiary/aromatic N) is 2. The minimum atomic E-state index is -1.03. The van der Waals surface area contributed by atoms with E-state index in [4.69, 9.17) is 4.74 Å². The fourth-order valence-electron chi connectivity index (χ4n) is 7.43. The number of rotatable bonds is 22. The van der Waals surface area contributed by atoms with E-state index >= 15 is 0 Å². The minimum Gasteiger partial charge on any atom is -0.361 e. The highest BCUT2D eigenvalue weighted by atomic mass is 16.6. The van der Waals surface area contributed by atoms with E-state index in [1.165, 1.54) is 0 Å². The molecule has 4 N–H and O–H groups in total. The molecule has 0 aliphatic carbocycles. The molecule has 2 aromatic carbocycles. The van der Waals surface area contributed by atoms with Gasteiger partial charge in [-0.15, -0.1) is 0 Å². The van der Waals surface area contributed by atoms with Gasteiger partial charge in [0.1, 0.15) is 23.7 Å². The summed E-state index contributed by atoms with van der Waals surface area (Å²) in [6, 6.07) is 15.7. The summed E-state index contributed by atoms with van der Waals surface area (Å²) >= 11 is 0. The molecule has 4 rings (SSSR count). The van der Waals surface area contributed by atoms with E-state index in [0.29, 0.717) is 32.3 Å². The maximum Gasteiger partial charge on any atom is 0.243 e. The predicted molar refractivity (Wildman–Crippen MR) is 223 cm³/mol. The number of likely N-dealkylation sites (N-methyl/N-ethyl adjacent to an activating group) is 1. The molecular weight excluding hydrogens is 721 g/mol. The van der Waals surface area contributed by atoms with E-state index in [2.05, 4.69) is 52.0 Å². The third-order valence-electron chi connectivity index (χ3n) is 11.4. The van der Waals surface area contributed by atoms with Crippen molar-refractivity contribution in [1.29, 1.82) is 0 Å². The number of epoxide rings is 1. The van der Waals surface area contributed by atoms with Crippen LogP contribution < -0.4 is 21.3 Å². The van der Waals surface area contributed by atoms with Gasteiger partial charge in [-0.3, -0.25) is 28.9 Å². The van der Waals surface area contributed by atoms with Gasteiger partial charge in [0.2, 0.25) is 23.6 Å². The minimum absolute atomic E-state index is 0.0176. The zero-order chi connectivity index (χ0) is 41.7. The second-order valence-electron chi connectivity index (χ2n) is 17.4. The molecular formula is C45H68N6O6. The third-order valence-corrected chi connectivity index (χ3v) is 11.4. The number of aryl methyl sites for hydroxylation is 1. The van der Waals surface area contributed by atoms with Crippen LogP contribution in [0.3, 0.4) is 0 Å². The van der Waals surface area contributed by atoms with Crippen LogP contribution in [-0.2, 0) is 41.6 Å². The van der Waals surface area contributed by atoms with E-state index in [1.807, 2.05) is 88.4 Å². The molecule has 2 fully saturated rings. The number of benzene rings is 2. The molecule has 3 unspecified atom stereocenters. The summed E-state index contributed by atoms with van der Waals surface area (Å²) in [5, 5.41) is 11.9. The van der Waals surface area contributed by atoms with Gasteiger partial charge in [0.15, 0.2) is 5.78 Å². The van der Waals surface area contributed by atoms with Gasteiger partial charge in [-0.2, -0.15) is 0 Å². The van der Waals surface area contributed by atoms with Gasteiger partial charge in [0.25, 0.3) is 0 Å². The Kier molecular flexibility index (Phi) is 17.3. The Bertz CT molecular complexity index is 1610. The fourth-order valence-corrected chi connectivity index (χ4v) is 7.43. The fraction of sp³-hybridized carbons (Fsp3) is 0.622. The summed E-state index contributed by atoms with van der Waals surface area (Å²) < 4.78 is 5.43. The molecule has 314 valence electrons. The molecule has 2 aliphatic heterocycles. The highest BCUT2D eigenvalue weighted by Gasteiger charge is 2.50. The topological polar surface area (TPSA) is 152 Å². The smallest absolute Gasteiger partial charge is 0.243 e. The molecule has 2 aromatic rings. The number of carbonyl (C=O) groups is 5. The van der Waals surface area contributed by atoms with E-state index in [9.17, 15) is 24.0 Å². The van der Waals surface area contributed by atoms with Crippen molar-refractivity contribution in [2.24, 2.45) is 17.8 Å². The predicted octanol–water partition coefficient (Wildman–Crippen LogP) is 3.91. The van der Waals surface area contributed by atoms with Gasteiger partial charge in [-0.25, -0.2) is 0 Å². The summed E-state index contributed by atoms with van der Waals surface area (Å²) in [4.78, 5) is 74.2. The Balaban J connectivity index is 1.50. The number of ketones is 1. The first kappa shape index (κ1) is 45.6. The van der Waals surface area contributed by atoms with Crippen molar-refractivity contribution in [3.05, 3.63) is 71.8 Å². The first-order valence-electron chi connectivity index (χ1n) is 20.9. The number of hydrogen-bond acceptors (Lipinski definition) is 8. The molecule has 2 aliphatic rings. The first-order chi connectivity index (χ1) is 27.0. The van der Waals surface area contributed by atoms with Crippen LogP contribution in [0.25, 0.3) is 0 Å². The van der Waals surface area contributed by atoms with E-state index in [1.54, 1.807) is 6.92 Å². The number of ether oxygens (including phenoxy) is 1. The van der Waals surface area contributed by atoms with Gasteiger partial charge in [-0.1, -0.05) is 95.3 Å². The maximum atomic E-state index is 14.2. The van der Waals surface area contributed by atoms with E-state index in [0.717, 1.165) is 37.3 Å². The average Bonchev–Trinajstić information content (AvgIpc) is 3.93. The molecule has 4 amide bonds. The zero-order valence-corrected chi connectivity index (χ0v) is 35.5. The highest BCUT2D eigenvalue weighted by molar-refractivity contribution is 5.98. The van der Waals surface area contributed by atoms with Crippen molar-refractivity contribution in [3.63, 3.8) is 0 Å². The lowest BCUT2D eigenvalue weighted by molar-refractivity contribution is -0.135. The Hall–Kier alpha value is -4.13. The summed E-state index contributed by atoms with van der Waals surface area (Å²) in [5.41, 5.74) is 0.932.